The number of carboxylic acid groups (broad SMARTS) is 1. The molecule has 1 atom stereocenters. The van der Waals surface area contributed by atoms with Gasteiger partial charge in [0.2, 0.25) is 12.3 Å². The van der Waals surface area contributed by atoms with Gasteiger partial charge in [-0.25, -0.2) is 9.78 Å². The number of methoxy groups -OCH3 is 1. The first-order valence-electron chi connectivity index (χ1n) is 13.4. The number of carbonyl (C=O) groups excluding carboxylic acids is 2. The first kappa shape index (κ1) is 30.2. The molecule has 2 N–H and O–H groups in total. The van der Waals surface area contributed by atoms with Crippen molar-refractivity contribution in [1.29, 1.82) is 0 Å². The minimum absolute atomic E-state index is 0.0375. The second-order valence-corrected chi connectivity index (χ2v) is 11.4. The molecule has 2 aromatic heterocycles. The summed E-state index contributed by atoms with van der Waals surface area (Å²) in [5.41, 5.74) is -0.168. The lowest BCUT2D eigenvalue weighted by Crippen LogP contribution is -2.52. The number of oxazole rings is 1. The van der Waals surface area contributed by atoms with Crippen molar-refractivity contribution in [3.05, 3.63) is 53.4 Å². The van der Waals surface area contributed by atoms with E-state index in [1.54, 1.807) is 14.0 Å². The van der Waals surface area contributed by atoms with Crippen LogP contribution >= 0.6 is 11.3 Å². The van der Waals surface area contributed by atoms with Crippen LogP contribution < -0.4 is 15.0 Å². The molecular formula is C29H36N4O7S. The topological polar surface area (TPSA) is 134 Å². The number of anilines is 1. The highest BCUT2D eigenvalue weighted by molar-refractivity contribution is 7.20. The first-order valence-corrected chi connectivity index (χ1v) is 14.2. The zero-order valence-electron chi connectivity index (χ0n) is 23.9. The summed E-state index contributed by atoms with van der Waals surface area (Å²) in [5.74, 6) is -1.02. The van der Waals surface area contributed by atoms with Crippen molar-refractivity contribution in [3.63, 3.8) is 0 Å². The smallest absolute Gasteiger partial charge is 0.329 e. The van der Waals surface area contributed by atoms with Gasteiger partial charge in [-0.3, -0.25) is 14.5 Å². The Morgan fingerprint density at radius 3 is 2.61 bits per heavy atom. The molecule has 0 radical (unpaired) electrons. The monoisotopic (exact) mass is 584 g/mol. The van der Waals surface area contributed by atoms with Crippen molar-refractivity contribution in [2.24, 2.45) is 0 Å². The highest BCUT2D eigenvalue weighted by Gasteiger charge is 2.41. The number of aliphatic carboxylic acids is 1. The summed E-state index contributed by atoms with van der Waals surface area (Å²) < 4.78 is 17.9. The number of benzene rings is 1. The molecule has 0 saturated carbocycles. The molecule has 12 heteroatoms. The number of hydrogen-bond donors (Lipinski definition) is 2. The van der Waals surface area contributed by atoms with Gasteiger partial charge in [0.1, 0.15) is 28.7 Å². The highest BCUT2D eigenvalue weighted by atomic mass is 32.1. The molecule has 4 rings (SSSR count). The number of carboxylic acids is 1. The van der Waals surface area contributed by atoms with E-state index in [9.17, 15) is 19.5 Å². The number of piperidine rings is 1. The Labute approximate surface area is 243 Å². The van der Waals surface area contributed by atoms with Gasteiger partial charge in [0.25, 0.3) is 5.91 Å². The maximum atomic E-state index is 13.9. The van der Waals surface area contributed by atoms with Gasteiger partial charge >= 0.3 is 5.97 Å². The second kappa shape index (κ2) is 12.8. The molecule has 0 spiro atoms. The molecule has 1 aliphatic heterocycles. The predicted octanol–water partition coefficient (Wildman–Crippen LogP) is 4.13. The van der Waals surface area contributed by atoms with Crippen LogP contribution in [0, 0.1) is 6.92 Å². The van der Waals surface area contributed by atoms with Crippen molar-refractivity contribution in [2.45, 2.75) is 51.4 Å². The van der Waals surface area contributed by atoms with Crippen LogP contribution in [0.2, 0.25) is 0 Å². The summed E-state index contributed by atoms with van der Waals surface area (Å²) in [4.78, 5) is 45.5. The molecule has 1 aromatic carbocycles. The Morgan fingerprint density at radius 1 is 1.29 bits per heavy atom. The molecule has 2 amide bonds. The number of amides is 2. The maximum Gasteiger partial charge on any atom is 0.329 e. The number of likely N-dealkylation sites (N-methyl/N-ethyl adjacent to an activating group) is 1. The van der Waals surface area contributed by atoms with E-state index in [-0.39, 0.29) is 18.1 Å². The van der Waals surface area contributed by atoms with Crippen molar-refractivity contribution in [1.82, 2.24) is 15.2 Å². The zero-order valence-corrected chi connectivity index (χ0v) is 24.7. The summed E-state index contributed by atoms with van der Waals surface area (Å²) in [6.45, 7) is 6.43. The third-order valence-corrected chi connectivity index (χ3v) is 8.73. The number of thiophene rings is 1. The van der Waals surface area contributed by atoms with E-state index in [0.29, 0.717) is 38.5 Å². The van der Waals surface area contributed by atoms with Crippen molar-refractivity contribution in [2.75, 3.05) is 38.7 Å². The number of carbonyl (C=O) groups is 3. The van der Waals surface area contributed by atoms with E-state index in [1.165, 1.54) is 37.6 Å². The lowest BCUT2D eigenvalue weighted by Gasteiger charge is -2.33. The van der Waals surface area contributed by atoms with Crippen LogP contribution in [0.25, 0.3) is 10.8 Å². The average Bonchev–Trinajstić information content (AvgIpc) is 3.61. The molecule has 220 valence electrons. The van der Waals surface area contributed by atoms with Gasteiger partial charge in [-0.2, -0.15) is 0 Å². The number of nitrogens with one attached hydrogen (secondary N) is 1. The fourth-order valence-corrected chi connectivity index (χ4v) is 6.07. The van der Waals surface area contributed by atoms with Gasteiger partial charge < -0.3 is 29.2 Å². The van der Waals surface area contributed by atoms with Crippen LogP contribution in [0.15, 0.2) is 41.1 Å². The summed E-state index contributed by atoms with van der Waals surface area (Å²) in [6.07, 6.45) is 4.57. The van der Waals surface area contributed by atoms with Crippen LogP contribution in [0.4, 0.5) is 5.00 Å². The largest absolute Gasteiger partial charge is 0.496 e. The van der Waals surface area contributed by atoms with Gasteiger partial charge in [-0.15, -0.1) is 11.3 Å². The zero-order chi connectivity index (χ0) is 29.7. The Bertz CT molecular complexity index is 1370. The molecule has 11 nitrogen and oxygen atoms in total. The van der Waals surface area contributed by atoms with E-state index in [4.69, 9.17) is 13.9 Å². The van der Waals surface area contributed by atoms with E-state index < -0.39 is 23.5 Å². The molecular weight excluding hydrogens is 548 g/mol. The lowest BCUT2D eigenvalue weighted by atomic mass is 10.0. The first-order chi connectivity index (χ1) is 19.6. The third kappa shape index (κ3) is 6.29. The minimum Gasteiger partial charge on any atom is -0.496 e. The Kier molecular flexibility index (Phi) is 9.46. The maximum absolute atomic E-state index is 13.9. The van der Waals surface area contributed by atoms with E-state index >= 15 is 0 Å². The van der Waals surface area contributed by atoms with Crippen LogP contribution in [0.5, 0.6) is 5.75 Å². The summed E-state index contributed by atoms with van der Waals surface area (Å²) in [6, 6.07) is 7.67. The van der Waals surface area contributed by atoms with Crippen LogP contribution in [-0.2, 0) is 14.3 Å². The number of para-hydroxylation sites is 1. The van der Waals surface area contributed by atoms with Gasteiger partial charge in [-0.1, -0.05) is 18.2 Å². The van der Waals surface area contributed by atoms with E-state index in [1.807, 2.05) is 36.2 Å². The predicted molar refractivity (Wildman–Crippen MR) is 154 cm³/mol. The number of hydrogen-bond acceptors (Lipinski definition) is 10. The second-order valence-electron chi connectivity index (χ2n) is 10.4. The number of ether oxygens (including phenoxy) is 2. The summed E-state index contributed by atoms with van der Waals surface area (Å²) in [7, 11) is 3.45. The van der Waals surface area contributed by atoms with Gasteiger partial charge in [-0.05, 0) is 58.3 Å². The Balaban J connectivity index is 1.77. The van der Waals surface area contributed by atoms with Crippen molar-refractivity contribution < 1.29 is 33.4 Å². The average molecular weight is 585 g/mol. The molecule has 3 aromatic rings. The summed E-state index contributed by atoms with van der Waals surface area (Å²) in [5, 5.41) is 13.7. The third-order valence-electron chi connectivity index (χ3n) is 7.33. The van der Waals surface area contributed by atoms with Gasteiger partial charge in [0, 0.05) is 19.2 Å². The fourth-order valence-electron chi connectivity index (χ4n) is 4.86. The van der Waals surface area contributed by atoms with Crippen LogP contribution in [0.3, 0.4) is 0 Å². The quantitative estimate of drug-likeness (QED) is 0.299. The number of nitrogens with zero attached hydrogens (tertiary/aromatic N) is 3. The van der Waals surface area contributed by atoms with E-state index in [0.717, 1.165) is 31.5 Å². The van der Waals surface area contributed by atoms with Crippen LogP contribution in [0.1, 0.15) is 54.3 Å². The highest BCUT2D eigenvalue weighted by Crippen LogP contribution is 2.43. The SMILES string of the molecule is COc1ccccc1C(CN(C)c1sc(-c2ncco2)c(C)c1C(=O)N(C=O)C(C)(C)C(=O)O)OC1CCNCC1. The molecule has 41 heavy (non-hydrogen) atoms. The molecule has 1 aliphatic rings. The molecule has 0 bridgehead atoms. The minimum atomic E-state index is -1.77. The van der Waals surface area contributed by atoms with Gasteiger partial charge in [0.15, 0.2) is 0 Å². The Hall–Kier alpha value is -3.74. The molecule has 1 unspecified atom stereocenters. The van der Waals surface area contributed by atoms with Crippen molar-refractivity contribution in [3.8, 4) is 16.5 Å². The molecule has 1 saturated heterocycles. The molecule has 1 fully saturated rings. The molecule has 3 heterocycles. The standard InChI is InChI=1S/C29H36N4O7S/c1-18-23(26(35)33(17-34)29(2,3)28(36)37)27(41-24(18)25-31-14-15-39-25)32(4)16-22(40-19-10-12-30-13-11-19)20-8-6-7-9-21(20)38-5/h6-9,14-15,17,19,22,30H,10-13,16H2,1-5H3,(H,36,37). The normalized spacial score (nSPS) is 14.9. The van der Waals surface area contributed by atoms with Crippen molar-refractivity contribution >= 4 is 34.6 Å². The van der Waals surface area contributed by atoms with E-state index in [2.05, 4.69) is 10.3 Å². The van der Waals surface area contributed by atoms with Gasteiger partial charge in [0.05, 0.1) is 29.9 Å². The number of imide groups is 1. The number of rotatable bonds is 12. The summed E-state index contributed by atoms with van der Waals surface area (Å²) >= 11 is 1.28. The lowest BCUT2D eigenvalue weighted by molar-refractivity contribution is -0.150. The fraction of sp³-hybridized carbons (Fsp3) is 0.448. The number of aromatic nitrogens is 1. The molecule has 0 aliphatic carbocycles. The Morgan fingerprint density at radius 2 is 2.00 bits per heavy atom. The van der Waals surface area contributed by atoms with Crippen LogP contribution in [-0.4, -0.2) is 78.7 Å².